The Balaban J connectivity index is 3.03. The van der Waals surface area contributed by atoms with E-state index in [-0.39, 0.29) is 11.0 Å². The van der Waals surface area contributed by atoms with Crippen molar-refractivity contribution < 1.29 is 0 Å². The van der Waals surface area contributed by atoms with Crippen LogP contribution in [0.1, 0.15) is 26.7 Å². The SMILES string of the molecule is CCC(CC)(CBr)Cn1cncc(Br)c1=O. The average molecular weight is 352 g/mol. The molecule has 0 fully saturated rings. The van der Waals surface area contributed by atoms with Gasteiger partial charge in [0.15, 0.2) is 0 Å². The quantitative estimate of drug-likeness (QED) is 0.763. The first-order chi connectivity index (χ1) is 7.58. The molecule has 3 nitrogen and oxygen atoms in total. The minimum atomic E-state index is -0.0118. The van der Waals surface area contributed by atoms with Crippen molar-refractivity contribution in [3.05, 3.63) is 27.4 Å². The van der Waals surface area contributed by atoms with Crippen LogP contribution in [0.25, 0.3) is 0 Å². The molecule has 0 atom stereocenters. The van der Waals surface area contributed by atoms with Crippen molar-refractivity contribution in [2.24, 2.45) is 5.41 Å². The standard InChI is InChI=1S/C11H16Br2N2O/c1-3-11(4-2,6-12)7-15-8-14-5-9(13)10(15)16/h5,8H,3-4,6-7H2,1-2H3. The van der Waals surface area contributed by atoms with Gasteiger partial charge in [0, 0.05) is 18.1 Å². The lowest BCUT2D eigenvalue weighted by Gasteiger charge is -2.29. The summed E-state index contributed by atoms with van der Waals surface area (Å²) in [5, 5.41) is 0.895. The molecule has 1 rings (SSSR count). The van der Waals surface area contributed by atoms with Crippen molar-refractivity contribution in [2.75, 3.05) is 5.33 Å². The highest BCUT2D eigenvalue weighted by Gasteiger charge is 2.25. The highest BCUT2D eigenvalue weighted by molar-refractivity contribution is 9.10. The van der Waals surface area contributed by atoms with E-state index in [1.165, 1.54) is 6.20 Å². The van der Waals surface area contributed by atoms with Crippen LogP contribution in [0, 0.1) is 5.41 Å². The molecule has 0 amide bonds. The molecule has 0 radical (unpaired) electrons. The molecule has 0 spiro atoms. The van der Waals surface area contributed by atoms with Crippen LogP contribution >= 0.6 is 31.9 Å². The first kappa shape index (κ1) is 13.9. The minimum Gasteiger partial charge on any atom is -0.298 e. The topological polar surface area (TPSA) is 34.9 Å². The zero-order valence-electron chi connectivity index (χ0n) is 9.54. The van der Waals surface area contributed by atoms with E-state index in [2.05, 4.69) is 50.7 Å². The molecule has 16 heavy (non-hydrogen) atoms. The molecule has 1 heterocycles. The van der Waals surface area contributed by atoms with Crippen molar-refractivity contribution in [1.29, 1.82) is 0 Å². The second-order valence-corrected chi connectivity index (χ2v) is 5.43. The van der Waals surface area contributed by atoms with Crippen LogP contribution in [-0.4, -0.2) is 14.9 Å². The molecule has 0 saturated carbocycles. The van der Waals surface area contributed by atoms with Gasteiger partial charge in [-0.25, -0.2) is 4.98 Å². The van der Waals surface area contributed by atoms with Gasteiger partial charge in [0.2, 0.25) is 0 Å². The first-order valence-corrected chi connectivity index (χ1v) is 7.26. The summed E-state index contributed by atoms with van der Waals surface area (Å²) in [6.45, 7) is 5.01. The Hall–Kier alpha value is -0.160. The summed E-state index contributed by atoms with van der Waals surface area (Å²) in [5.74, 6) is 0. The van der Waals surface area contributed by atoms with E-state index in [1.807, 2.05) is 0 Å². The Bertz CT molecular complexity index is 391. The van der Waals surface area contributed by atoms with E-state index in [0.717, 1.165) is 18.2 Å². The Morgan fingerprint density at radius 2 is 2.06 bits per heavy atom. The molecule has 0 unspecified atom stereocenters. The molecule has 5 heteroatoms. The summed E-state index contributed by atoms with van der Waals surface area (Å²) < 4.78 is 2.20. The van der Waals surface area contributed by atoms with Crippen molar-refractivity contribution in [2.45, 2.75) is 33.2 Å². The van der Waals surface area contributed by atoms with Crippen molar-refractivity contribution in [3.8, 4) is 0 Å². The van der Waals surface area contributed by atoms with E-state index in [9.17, 15) is 4.79 Å². The van der Waals surface area contributed by atoms with Gasteiger partial charge in [0.1, 0.15) is 4.47 Å². The molecule has 90 valence electrons. The number of hydrogen-bond acceptors (Lipinski definition) is 2. The van der Waals surface area contributed by atoms with Gasteiger partial charge in [-0.3, -0.25) is 9.36 Å². The van der Waals surface area contributed by atoms with Crippen LogP contribution < -0.4 is 5.56 Å². The van der Waals surface area contributed by atoms with Crippen LogP contribution in [0.3, 0.4) is 0 Å². The number of halogens is 2. The summed E-state index contributed by atoms with van der Waals surface area (Å²) in [4.78, 5) is 15.9. The first-order valence-electron chi connectivity index (χ1n) is 5.34. The zero-order valence-corrected chi connectivity index (χ0v) is 12.7. The fraction of sp³-hybridized carbons (Fsp3) is 0.636. The Kier molecular flexibility index (Phi) is 5.18. The number of hydrogen-bond donors (Lipinski definition) is 0. The lowest BCUT2D eigenvalue weighted by Crippen LogP contribution is -2.33. The third kappa shape index (κ3) is 2.94. The molecule has 1 aromatic rings. The predicted molar refractivity (Wildman–Crippen MR) is 73.0 cm³/mol. The largest absolute Gasteiger partial charge is 0.298 e. The van der Waals surface area contributed by atoms with E-state index in [4.69, 9.17) is 0 Å². The van der Waals surface area contributed by atoms with Crippen LogP contribution in [0.2, 0.25) is 0 Å². The highest BCUT2D eigenvalue weighted by atomic mass is 79.9. The molecule has 0 N–H and O–H groups in total. The smallest absolute Gasteiger partial charge is 0.267 e. The van der Waals surface area contributed by atoms with Gasteiger partial charge in [-0.05, 0) is 34.2 Å². The molecule has 0 aliphatic heterocycles. The van der Waals surface area contributed by atoms with Gasteiger partial charge in [-0.1, -0.05) is 29.8 Å². The average Bonchev–Trinajstić information content (AvgIpc) is 2.32. The summed E-state index contributed by atoms with van der Waals surface area (Å²) in [6.07, 6.45) is 5.21. The van der Waals surface area contributed by atoms with Crippen molar-refractivity contribution in [3.63, 3.8) is 0 Å². The Morgan fingerprint density at radius 3 is 2.56 bits per heavy atom. The molecule has 0 aliphatic carbocycles. The van der Waals surface area contributed by atoms with Crippen LogP contribution in [-0.2, 0) is 6.54 Å². The van der Waals surface area contributed by atoms with Gasteiger partial charge in [-0.15, -0.1) is 0 Å². The van der Waals surface area contributed by atoms with Crippen molar-refractivity contribution >= 4 is 31.9 Å². The van der Waals surface area contributed by atoms with Crippen LogP contribution in [0.15, 0.2) is 21.8 Å². The maximum atomic E-state index is 11.9. The van der Waals surface area contributed by atoms with Gasteiger partial charge in [0.25, 0.3) is 5.56 Å². The molecule has 0 bridgehead atoms. The number of aromatic nitrogens is 2. The fourth-order valence-corrected chi connectivity index (χ4v) is 2.92. The Labute approximate surface area is 113 Å². The summed E-state index contributed by atoms with van der Waals surface area (Å²) in [7, 11) is 0. The molecule has 1 aromatic heterocycles. The Morgan fingerprint density at radius 1 is 1.44 bits per heavy atom. The minimum absolute atomic E-state index is 0.0118. The zero-order chi connectivity index (χ0) is 12.2. The number of rotatable bonds is 5. The van der Waals surface area contributed by atoms with E-state index < -0.39 is 0 Å². The van der Waals surface area contributed by atoms with E-state index >= 15 is 0 Å². The summed E-state index contributed by atoms with van der Waals surface area (Å²) >= 11 is 6.76. The van der Waals surface area contributed by atoms with Crippen LogP contribution in [0.5, 0.6) is 0 Å². The molecule has 0 saturated heterocycles. The molecule has 0 aromatic carbocycles. The lowest BCUT2D eigenvalue weighted by atomic mass is 9.84. The second kappa shape index (κ2) is 5.96. The molecular formula is C11H16Br2N2O. The summed E-state index contributed by atoms with van der Waals surface area (Å²) in [6, 6.07) is 0. The predicted octanol–water partition coefficient (Wildman–Crippen LogP) is 3.21. The maximum Gasteiger partial charge on any atom is 0.267 e. The van der Waals surface area contributed by atoms with Gasteiger partial charge < -0.3 is 0 Å². The monoisotopic (exact) mass is 350 g/mol. The van der Waals surface area contributed by atoms with Gasteiger partial charge in [-0.2, -0.15) is 0 Å². The maximum absolute atomic E-state index is 11.9. The van der Waals surface area contributed by atoms with Gasteiger partial charge >= 0.3 is 0 Å². The van der Waals surface area contributed by atoms with E-state index in [0.29, 0.717) is 11.0 Å². The number of alkyl halides is 1. The normalized spacial score (nSPS) is 11.8. The van der Waals surface area contributed by atoms with Crippen molar-refractivity contribution in [1.82, 2.24) is 9.55 Å². The summed E-state index contributed by atoms with van der Waals surface area (Å²) in [5.41, 5.74) is 0.119. The fourth-order valence-electron chi connectivity index (χ4n) is 1.60. The third-order valence-corrected chi connectivity index (χ3v) is 4.88. The van der Waals surface area contributed by atoms with Crippen LogP contribution in [0.4, 0.5) is 0 Å². The molecular weight excluding hydrogens is 336 g/mol. The van der Waals surface area contributed by atoms with Gasteiger partial charge in [0.05, 0.1) is 6.33 Å². The lowest BCUT2D eigenvalue weighted by molar-refractivity contribution is 0.255. The number of nitrogens with zero attached hydrogens (tertiary/aromatic N) is 2. The highest BCUT2D eigenvalue weighted by Crippen LogP contribution is 2.30. The third-order valence-electron chi connectivity index (χ3n) is 3.15. The second-order valence-electron chi connectivity index (χ2n) is 4.02. The molecule has 0 aliphatic rings. The van der Waals surface area contributed by atoms with E-state index in [1.54, 1.807) is 10.9 Å².